The number of amides is 4. The monoisotopic (exact) mass is 358 g/mol. The smallest absolute Gasteiger partial charge is 0.274 e. The van der Waals surface area contributed by atoms with Crippen molar-refractivity contribution in [3.63, 3.8) is 0 Å². The lowest BCUT2D eigenvalue weighted by atomic mass is 10.2. The van der Waals surface area contributed by atoms with Crippen LogP contribution in [0.25, 0.3) is 0 Å². The van der Waals surface area contributed by atoms with Crippen LogP contribution in [-0.2, 0) is 0 Å². The lowest BCUT2D eigenvalue weighted by Gasteiger charge is -2.06. The van der Waals surface area contributed by atoms with Crippen LogP contribution in [0.5, 0.6) is 0 Å². The van der Waals surface area contributed by atoms with E-state index in [4.69, 9.17) is 0 Å². The van der Waals surface area contributed by atoms with Crippen LogP contribution < -0.4 is 10.6 Å². The van der Waals surface area contributed by atoms with E-state index in [2.05, 4.69) is 0 Å². The van der Waals surface area contributed by atoms with Crippen LogP contribution >= 0.6 is 0 Å². The van der Waals surface area contributed by atoms with Gasteiger partial charge in [0.2, 0.25) is 0 Å². The second kappa shape index (κ2) is 7.61. The van der Waals surface area contributed by atoms with Crippen molar-refractivity contribution in [2.24, 2.45) is 0 Å². The Balaban J connectivity index is 2.04. The molecule has 0 aliphatic rings. The number of imide groups is 2. The zero-order valence-electron chi connectivity index (χ0n) is 12.9. The number of carbonyl (C=O) groups excluding carboxylic acids is 3. The van der Waals surface area contributed by atoms with Gasteiger partial charge >= 0.3 is 6.03 Å². The number of hydrogen-bond acceptors (Lipinski definition) is 7. The largest absolute Gasteiger partial charge is 0.328 e. The van der Waals surface area contributed by atoms with Gasteiger partial charge in [-0.2, -0.15) is 0 Å². The minimum Gasteiger partial charge on any atom is -0.274 e. The van der Waals surface area contributed by atoms with Gasteiger partial charge in [-0.05, 0) is 12.1 Å². The van der Waals surface area contributed by atoms with Gasteiger partial charge < -0.3 is 0 Å². The van der Waals surface area contributed by atoms with Crippen LogP contribution in [0.4, 0.5) is 16.2 Å². The van der Waals surface area contributed by atoms with E-state index in [1.807, 2.05) is 10.6 Å². The highest BCUT2D eigenvalue weighted by atomic mass is 16.6. The zero-order valence-corrected chi connectivity index (χ0v) is 12.9. The van der Waals surface area contributed by atoms with Crippen LogP contribution in [0.1, 0.15) is 20.7 Å². The molecule has 0 spiro atoms. The Labute approximate surface area is 144 Å². The summed E-state index contributed by atoms with van der Waals surface area (Å²) in [5.74, 6) is -1.92. The molecule has 0 bridgehead atoms. The molecule has 0 unspecified atom stereocenters. The molecule has 0 saturated carbocycles. The first-order valence-corrected chi connectivity index (χ1v) is 6.93. The molecule has 2 N–H and O–H groups in total. The van der Waals surface area contributed by atoms with E-state index in [0.717, 1.165) is 12.1 Å². The topological polar surface area (TPSA) is 162 Å². The van der Waals surface area contributed by atoms with Gasteiger partial charge in [0.15, 0.2) is 0 Å². The summed E-state index contributed by atoms with van der Waals surface area (Å²) in [6.07, 6.45) is 0. The lowest BCUT2D eigenvalue weighted by molar-refractivity contribution is -0.385. The number of carbonyl (C=O) groups is 3. The summed E-state index contributed by atoms with van der Waals surface area (Å²) in [7, 11) is 0. The van der Waals surface area contributed by atoms with Gasteiger partial charge in [-0.15, -0.1) is 0 Å². The Bertz CT molecular complexity index is 852. The van der Waals surface area contributed by atoms with Gasteiger partial charge in [-0.1, -0.05) is 12.1 Å². The molecule has 2 aromatic carbocycles. The van der Waals surface area contributed by atoms with Gasteiger partial charge in [0.1, 0.15) is 0 Å². The fraction of sp³-hybridized carbons (Fsp3) is 0. The fourth-order valence-corrected chi connectivity index (χ4v) is 1.90. The van der Waals surface area contributed by atoms with Crippen LogP contribution in [-0.4, -0.2) is 27.7 Å². The maximum atomic E-state index is 11.9. The number of nitrogens with one attached hydrogen (secondary N) is 2. The van der Waals surface area contributed by atoms with Gasteiger partial charge in [0, 0.05) is 35.4 Å². The molecule has 26 heavy (non-hydrogen) atoms. The third-order valence-corrected chi connectivity index (χ3v) is 3.09. The SMILES string of the molecule is O=C(NC(=O)c1cccc([N+](=O)[O-])c1)NC(=O)c1cccc([N+](=O)[O-])c1. The Morgan fingerprint density at radius 1 is 0.731 bits per heavy atom. The molecule has 2 rings (SSSR count). The van der Waals surface area contributed by atoms with E-state index >= 15 is 0 Å². The number of nitro groups is 2. The third kappa shape index (κ3) is 4.44. The van der Waals surface area contributed by atoms with E-state index in [1.165, 1.54) is 36.4 Å². The zero-order chi connectivity index (χ0) is 19.3. The standard InChI is InChI=1S/C15H10N4O7/c20-13(9-3-1-5-11(7-9)18(23)24)16-15(22)17-14(21)10-4-2-6-12(8-10)19(25)26/h1-8H,(H2,16,17,20,21,22). The van der Waals surface area contributed by atoms with Crippen molar-refractivity contribution in [1.82, 2.24) is 10.6 Å². The second-order valence-corrected chi connectivity index (χ2v) is 4.85. The van der Waals surface area contributed by atoms with Crippen molar-refractivity contribution >= 4 is 29.2 Å². The number of urea groups is 1. The number of hydrogen-bond donors (Lipinski definition) is 2. The van der Waals surface area contributed by atoms with E-state index in [0.29, 0.717) is 0 Å². The highest BCUT2D eigenvalue weighted by molar-refractivity contribution is 6.11. The summed E-state index contributed by atoms with van der Waals surface area (Å²) in [4.78, 5) is 55.5. The number of nitro benzene ring substituents is 2. The molecule has 2 aromatic rings. The molecule has 4 amide bonds. The molecule has 132 valence electrons. The highest BCUT2D eigenvalue weighted by Crippen LogP contribution is 2.14. The number of rotatable bonds is 4. The summed E-state index contributed by atoms with van der Waals surface area (Å²) >= 11 is 0. The number of benzene rings is 2. The minimum atomic E-state index is -1.18. The molecule has 0 aromatic heterocycles. The van der Waals surface area contributed by atoms with Crippen LogP contribution in [0, 0.1) is 20.2 Å². The molecule has 11 heteroatoms. The molecule has 11 nitrogen and oxygen atoms in total. The normalized spacial score (nSPS) is 9.85. The molecule has 0 aliphatic carbocycles. The first kappa shape index (κ1) is 18.2. The molecule has 0 radical (unpaired) electrons. The van der Waals surface area contributed by atoms with E-state index in [9.17, 15) is 34.6 Å². The molecular weight excluding hydrogens is 348 g/mol. The van der Waals surface area contributed by atoms with Gasteiger partial charge in [-0.3, -0.25) is 40.5 Å². The maximum Gasteiger partial charge on any atom is 0.328 e. The average Bonchev–Trinajstić information content (AvgIpc) is 2.61. The second-order valence-electron chi connectivity index (χ2n) is 4.85. The van der Waals surface area contributed by atoms with Crippen LogP contribution in [0.3, 0.4) is 0 Å². The first-order valence-electron chi connectivity index (χ1n) is 6.93. The highest BCUT2D eigenvalue weighted by Gasteiger charge is 2.17. The maximum absolute atomic E-state index is 11.9. The molecule has 0 saturated heterocycles. The predicted molar refractivity (Wildman–Crippen MR) is 86.5 cm³/mol. The third-order valence-electron chi connectivity index (χ3n) is 3.09. The van der Waals surface area contributed by atoms with Crippen LogP contribution in [0.2, 0.25) is 0 Å². The van der Waals surface area contributed by atoms with E-state index in [-0.39, 0.29) is 22.5 Å². The summed E-state index contributed by atoms with van der Waals surface area (Å²) in [6.45, 7) is 0. The molecule has 0 aliphatic heterocycles. The van der Waals surface area contributed by atoms with Crippen molar-refractivity contribution in [3.05, 3.63) is 79.9 Å². The predicted octanol–water partition coefficient (Wildman–Crippen LogP) is 1.78. The van der Waals surface area contributed by atoms with Crippen molar-refractivity contribution in [3.8, 4) is 0 Å². The minimum absolute atomic E-state index is 0.155. The summed E-state index contributed by atoms with van der Waals surface area (Å²) in [6, 6.07) is 8.11. The lowest BCUT2D eigenvalue weighted by Crippen LogP contribution is -2.42. The Morgan fingerprint density at radius 3 is 1.46 bits per heavy atom. The van der Waals surface area contributed by atoms with Crippen molar-refractivity contribution in [1.29, 1.82) is 0 Å². The van der Waals surface area contributed by atoms with E-state index < -0.39 is 27.7 Å². The Hall–Kier alpha value is -4.15. The van der Waals surface area contributed by atoms with Gasteiger partial charge in [-0.25, -0.2) is 4.79 Å². The van der Waals surface area contributed by atoms with Gasteiger partial charge in [0.25, 0.3) is 23.2 Å². The van der Waals surface area contributed by atoms with Crippen molar-refractivity contribution in [2.75, 3.05) is 0 Å². The summed E-state index contributed by atoms with van der Waals surface area (Å²) in [5.41, 5.74) is -0.995. The number of non-ortho nitro benzene ring substituents is 2. The van der Waals surface area contributed by atoms with Crippen LogP contribution in [0.15, 0.2) is 48.5 Å². The van der Waals surface area contributed by atoms with Gasteiger partial charge in [0.05, 0.1) is 9.85 Å². The van der Waals surface area contributed by atoms with E-state index in [1.54, 1.807) is 0 Å². The molecule has 0 fully saturated rings. The Kier molecular flexibility index (Phi) is 5.33. The molecular formula is C15H10N4O7. The summed E-state index contributed by atoms with van der Waals surface area (Å²) < 4.78 is 0. The number of nitrogens with zero attached hydrogens (tertiary/aromatic N) is 2. The summed E-state index contributed by atoms with van der Waals surface area (Å²) in [5, 5.41) is 25.0. The molecule has 0 atom stereocenters. The van der Waals surface area contributed by atoms with Crippen molar-refractivity contribution < 1.29 is 24.2 Å². The fourth-order valence-electron chi connectivity index (χ4n) is 1.90. The molecule has 0 heterocycles. The average molecular weight is 358 g/mol. The first-order chi connectivity index (χ1) is 12.3. The van der Waals surface area contributed by atoms with Crippen molar-refractivity contribution in [2.45, 2.75) is 0 Å². The Morgan fingerprint density at radius 2 is 1.12 bits per heavy atom. The quantitative estimate of drug-likeness (QED) is 0.621.